The largest absolute Gasteiger partial charge is 0.389 e. The van der Waals surface area contributed by atoms with Crippen molar-refractivity contribution in [3.63, 3.8) is 0 Å². The fourth-order valence-electron chi connectivity index (χ4n) is 2.46. The lowest BCUT2D eigenvalue weighted by Crippen LogP contribution is -2.34. The number of nitrogens with two attached hydrogens (primary N) is 1. The minimum atomic E-state index is -4.11. The van der Waals surface area contributed by atoms with Crippen molar-refractivity contribution in [2.75, 3.05) is 6.61 Å². The van der Waals surface area contributed by atoms with Crippen molar-refractivity contribution in [3.8, 4) is 0 Å². The Morgan fingerprint density at radius 2 is 2.00 bits per heavy atom. The van der Waals surface area contributed by atoms with Crippen molar-refractivity contribution in [2.24, 2.45) is 5.73 Å². The lowest BCUT2D eigenvalue weighted by molar-refractivity contribution is -0.139. The van der Waals surface area contributed by atoms with Crippen molar-refractivity contribution in [1.29, 1.82) is 0 Å². The molecule has 1 aromatic carbocycles. The summed E-state index contributed by atoms with van der Waals surface area (Å²) < 4.78 is 41.6. The molecule has 0 heterocycles. The van der Waals surface area contributed by atoms with Gasteiger partial charge in [-0.05, 0) is 30.4 Å². The van der Waals surface area contributed by atoms with Gasteiger partial charge in [0.05, 0.1) is 12.1 Å². The number of alkyl halides is 3. The van der Waals surface area contributed by atoms with Gasteiger partial charge in [0, 0.05) is 13.0 Å². The highest BCUT2D eigenvalue weighted by Gasteiger charge is 2.29. The highest BCUT2D eigenvalue weighted by molar-refractivity contribution is 5.33. The number of hydrogen-bond donors (Lipinski definition) is 1. The summed E-state index contributed by atoms with van der Waals surface area (Å²) >= 11 is 0. The molecule has 0 amide bonds. The molecule has 0 saturated carbocycles. The van der Waals surface area contributed by atoms with E-state index in [2.05, 4.69) is 0 Å². The maximum Gasteiger partial charge on any atom is 0.389 e. The molecular weight excluding hydrogens is 255 g/mol. The van der Waals surface area contributed by atoms with Gasteiger partial charge in [0.15, 0.2) is 0 Å². The lowest BCUT2D eigenvalue weighted by atomic mass is 9.86. The van der Waals surface area contributed by atoms with Crippen LogP contribution in [0.25, 0.3) is 0 Å². The van der Waals surface area contributed by atoms with E-state index >= 15 is 0 Å². The molecule has 2 N–H and O–H groups in total. The maximum atomic E-state index is 12.0. The van der Waals surface area contributed by atoms with Crippen LogP contribution in [-0.4, -0.2) is 18.9 Å². The Morgan fingerprint density at radius 1 is 1.26 bits per heavy atom. The second-order valence-electron chi connectivity index (χ2n) is 4.89. The fraction of sp³-hybridized carbons (Fsp3) is 0.571. The van der Waals surface area contributed by atoms with Crippen molar-refractivity contribution < 1.29 is 17.9 Å². The molecular formula is C14H18F3NO. The number of rotatable bonds is 4. The van der Waals surface area contributed by atoms with Gasteiger partial charge < -0.3 is 10.5 Å². The summed E-state index contributed by atoms with van der Waals surface area (Å²) in [5.74, 6) is 0. The van der Waals surface area contributed by atoms with Crippen LogP contribution in [0.4, 0.5) is 13.2 Å². The summed E-state index contributed by atoms with van der Waals surface area (Å²) in [6.07, 6.45) is -3.45. The van der Waals surface area contributed by atoms with Crippen molar-refractivity contribution in [2.45, 2.75) is 44.0 Å². The lowest BCUT2D eigenvalue weighted by Gasteiger charge is -2.31. The van der Waals surface area contributed by atoms with E-state index in [1.165, 1.54) is 5.56 Å². The molecule has 2 nitrogen and oxygen atoms in total. The molecule has 0 fully saturated rings. The van der Waals surface area contributed by atoms with Gasteiger partial charge in [-0.1, -0.05) is 24.3 Å². The van der Waals surface area contributed by atoms with Crippen LogP contribution >= 0.6 is 0 Å². The number of ether oxygens (including phenoxy) is 1. The smallest absolute Gasteiger partial charge is 0.376 e. The zero-order valence-electron chi connectivity index (χ0n) is 10.6. The molecule has 0 bridgehead atoms. The van der Waals surface area contributed by atoms with Crippen LogP contribution in [0.3, 0.4) is 0 Å². The fourth-order valence-corrected chi connectivity index (χ4v) is 2.46. The quantitative estimate of drug-likeness (QED) is 0.854. The number of fused-ring (bicyclic) bond motifs is 1. The Morgan fingerprint density at radius 3 is 2.74 bits per heavy atom. The number of hydrogen-bond acceptors (Lipinski definition) is 2. The van der Waals surface area contributed by atoms with Gasteiger partial charge in [0.2, 0.25) is 0 Å². The van der Waals surface area contributed by atoms with E-state index in [-0.39, 0.29) is 25.2 Å². The van der Waals surface area contributed by atoms with Crippen LogP contribution in [0.1, 0.15) is 36.4 Å². The Balaban J connectivity index is 1.84. The SMILES string of the molecule is NC1c2ccccc2CCC1OCCCC(F)(F)F. The van der Waals surface area contributed by atoms with E-state index in [0.717, 1.165) is 18.4 Å². The number of aryl methyl sites for hydroxylation is 1. The van der Waals surface area contributed by atoms with Crippen LogP contribution in [-0.2, 0) is 11.2 Å². The summed E-state index contributed by atoms with van der Waals surface area (Å²) in [4.78, 5) is 0. The first kappa shape index (κ1) is 14.3. The molecule has 1 aromatic rings. The second-order valence-corrected chi connectivity index (χ2v) is 4.89. The van der Waals surface area contributed by atoms with E-state index in [1.807, 2.05) is 24.3 Å². The summed E-state index contributed by atoms with van der Waals surface area (Å²) in [5.41, 5.74) is 8.38. The molecule has 0 aromatic heterocycles. The van der Waals surface area contributed by atoms with E-state index < -0.39 is 12.6 Å². The van der Waals surface area contributed by atoms with E-state index in [9.17, 15) is 13.2 Å². The second kappa shape index (κ2) is 5.92. The standard InChI is InChI=1S/C14H18F3NO/c15-14(16,17)8-3-9-19-12-7-6-10-4-1-2-5-11(10)13(12)18/h1-2,4-5,12-13H,3,6-9,18H2. The van der Waals surface area contributed by atoms with Gasteiger partial charge in [0.25, 0.3) is 0 Å². The zero-order valence-corrected chi connectivity index (χ0v) is 10.6. The first-order valence-corrected chi connectivity index (χ1v) is 6.49. The third kappa shape index (κ3) is 3.94. The van der Waals surface area contributed by atoms with E-state index in [4.69, 9.17) is 10.5 Å². The Kier molecular flexibility index (Phi) is 4.47. The Bertz CT molecular complexity index is 419. The molecule has 0 radical (unpaired) electrons. The van der Waals surface area contributed by atoms with Crippen LogP contribution in [0, 0.1) is 0 Å². The average molecular weight is 273 g/mol. The summed E-state index contributed by atoms with van der Waals surface area (Å²) in [6.45, 7) is 0.111. The molecule has 0 saturated heterocycles. The minimum Gasteiger partial charge on any atom is -0.376 e. The van der Waals surface area contributed by atoms with Gasteiger partial charge in [-0.2, -0.15) is 13.2 Å². The van der Waals surface area contributed by atoms with Gasteiger partial charge >= 0.3 is 6.18 Å². The van der Waals surface area contributed by atoms with Crippen LogP contribution in [0.2, 0.25) is 0 Å². The Hall–Kier alpha value is -1.07. The number of benzene rings is 1. The maximum absolute atomic E-state index is 12.0. The molecule has 0 aliphatic heterocycles. The summed E-state index contributed by atoms with van der Waals surface area (Å²) in [7, 11) is 0. The van der Waals surface area contributed by atoms with Crippen molar-refractivity contribution in [3.05, 3.63) is 35.4 Å². The Labute approximate surface area is 110 Å². The molecule has 2 atom stereocenters. The topological polar surface area (TPSA) is 35.2 Å². The molecule has 5 heteroatoms. The zero-order chi connectivity index (χ0) is 13.9. The van der Waals surface area contributed by atoms with E-state index in [0.29, 0.717) is 0 Å². The van der Waals surface area contributed by atoms with Gasteiger partial charge in [-0.25, -0.2) is 0 Å². The van der Waals surface area contributed by atoms with Crippen LogP contribution in [0.5, 0.6) is 0 Å². The highest BCUT2D eigenvalue weighted by atomic mass is 19.4. The predicted molar refractivity (Wildman–Crippen MR) is 66.7 cm³/mol. The van der Waals surface area contributed by atoms with Gasteiger partial charge in [-0.3, -0.25) is 0 Å². The van der Waals surface area contributed by atoms with Crippen LogP contribution < -0.4 is 5.73 Å². The van der Waals surface area contributed by atoms with Crippen molar-refractivity contribution >= 4 is 0 Å². The third-order valence-electron chi connectivity index (χ3n) is 3.45. The minimum absolute atomic E-state index is 0.00559. The monoisotopic (exact) mass is 273 g/mol. The van der Waals surface area contributed by atoms with Crippen molar-refractivity contribution in [1.82, 2.24) is 0 Å². The summed E-state index contributed by atoms with van der Waals surface area (Å²) in [5, 5.41) is 0. The average Bonchev–Trinajstić information content (AvgIpc) is 2.36. The first-order chi connectivity index (χ1) is 8.97. The van der Waals surface area contributed by atoms with Gasteiger partial charge in [-0.15, -0.1) is 0 Å². The normalized spacial score (nSPS) is 23.2. The first-order valence-electron chi connectivity index (χ1n) is 6.49. The predicted octanol–water partition coefficient (Wildman–Crippen LogP) is 3.36. The molecule has 2 unspecified atom stereocenters. The van der Waals surface area contributed by atoms with E-state index in [1.54, 1.807) is 0 Å². The highest BCUT2D eigenvalue weighted by Crippen LogP contribution is 2.30. The molecule has 1 aliphatic rings. The third-order valence-corrected chi connectivity index (χ3v) is 3.45. The molecule has 1 aliphatic carbocycles. The molecule has 2 rings (SSSR count). The number of halogens is 3. The van der Waals surface area contributed by atoms with Gasteiger partial charge in [0.1, 0.15) is 0 Å². The van der Waals surface area contributed by atoms with Crippen LogP contribution in [0.15, 0.2) is 24.3 Å². The molecule has 106 valence electrons. The molecule has 19 heavy (non-hydrogen) atoms. The summed E-state index contributed by atoms with van der Waals surface area (Å²) in [6, 6.07) is 7.65. The molecule has 0 spiro atoms.